The fraction of sp³-hybridized carbons (Fsp3) is 0.321. The number of ether oxygens (including phenoxy) is 5. The highest BCUT2D eigenvalue weighted by molar-refractivity contribution is 5.97. The Balaban J connectivity index is 2.00. The third-order valence-electron chi connectivity index (χ3n) is 6.54. The van der Waals surface area contributed by atoms with Crippen LogP contribution in [0.1, 0.15) is 45.4 Å². The molecule has 0 unspecified atom stereocenters. The molecule has 0 fully saturated rings. The van der Waals surface area contributed by atoms with Crippen molar-refractivity contribution in [2.24, 2.45) is 0 Å². The van der Waals surface area contributed by atoms with Crippen LogP contribution in [0.25, 0.3) is 0 Å². The summed E-state index contributed by atoms with van der Waals surface area (Å²) >= 11 is 0. The maximum absolute atomic E-state index is 14.3. The van der Waals surface area contributed by atoms with Crippen molar-refractivity contribution < 1.29 is 43.8 Å². The van der Waals surface area contributed by atoms with Gasteiger partial charge in [0, 0.05) is 22.8 Å². The molecule has 3 aromatic rings. The maximum Gasteiger partial charge on any atom is 0.190 e. The fourth-order valence-electron chi connectivity index (χ4n) is 4.78. The van der Waals surface area contributed by atoms with Gasteiger partial charge in [0.15, 0.2) is 11.9 Å². The average molecular weight is 511 g/mol. The molecule has 0 aromatic heterocycles. The van der Waals surface area contributed by atoms with Crippen molar-refractivity contribution in [2.45, 2.75) is 31.8 Å². The number of rotatable bonds is 9. The second-order valence-electron chi connectivity index (χ2n) is 8.49. The number of Topliss-reactive ketones (excluding diaryl/α,β-unsaturated/α-hetero) is 1. The first-order valence-electron chi connectivity index (χ1n) is 11.6. The molecule has 1 heterocycles. The molecule has 0 spiro atoms. The lowest BCUT2D eigenvalue weighted by Gasteiger charge is -2.34. The smallest absolute Gasteiger partial charge is 0.190 e. The van der Waals surface area contributed by atoms with E-state index in [2.05, 4.69) is 0 Å². The van der Waals surface area contributed by atoms with Crippen LogP contribution in [0.2, 0.25) is 0 Å². The number of carbonyl (C=O) groups excluding carboxylic acids is 1. The van der Waals surface area contributed by atoms with Crippen molar-refractivity contribution in [2.75, 3.05) is 28.4 Å². The maximum atomic E-state index is 14.3. The van der Waals surface area contributed by atoms with Gasteiger partial charge in [0.1, 0.15) is 28.7 Å². The van der Waals surface area contributed by atoms with E-state index in [1.165, 1.54) is 28.4 Å². The Labute approximate surface area is 214 Å². The zero-order valence-corrected chi connectivity index (χ0v) is 21.1. The van der Waals surface area contributed by atoms with Gasteiger partial charge in [-0.3, -0.25) is 4.79 Å². The molecule has 37 heavy (non-hydrogen) atoms. The lowest BCUT2D eigenvalue weighted by molar-refractivity contribution is -0.128. The van der Waals surface area contributed by atoms with Gasteiger partial charge in [0.2, 0.25) is 0 Å². The highest BCUT2D eigenvalue weighted by atomic mass is 16.5. The van der Waals surface area contributed by atoms with Crippen LogP contribution in [-0.4, -0.2) is 49.5 Å². The summed E-state index contributed by atoms with van der Waals surface area (Å²) in [5, 5.41) is 30.0. The third kappa shape index (κ3) is 4.69. The van der Waals surface area contributed by atoms with E-state index < -0.39 is 12.0 Å². The minimum Gasteiger partial charge on any atom is -0.497 e. The van der Waals surface area contributed by atoms with Crippen molar-refractivity contribution in [3.05, 3.63) is 75.8 Å². The van der Waals surface area contributed by atoms with E-state index >= 15 is 0 Å². The summed E-state index contributed by atoms with van der Waals surface area (Å²) in [5.74, 6) is 0.731. The minimum atomic E-state index is -1.06. The molecule has 196 valence electrons. The Morgan fingerprint density at radius 2 is 1.41 bits per heavy atom. The third-order valence-corrected chi connectivity index (χ3v) is 6.54. The number of fused-ring (bicyclic) bond motifs is 1. The Morgan fingerprint density at radius 3 is 2.00 bits per heavy atom. The monoisotopic (exact) mass is 510 g/mol. The van der Waals surface area contributed by atoms with Crippen molar-refractivity contribution in [1.29, 1.82) is 0 Å². The van der Waals surface area contributed by atoms with E-state index in [0.29, 0.717) is 62.1 Å². The summed E-state index contributed by atoms with van der Waals surface area (Å²) in [6.07, 6.45) is -1.06. The normalized spacial score (nSPS) is 16.6. The van der Waals surface area contributed by atoms with E-state index in [4.69, 9.17) is 23.7 Å². The van der Waals surface area contributed by atoms with Crippen LogP contribution in [-0.2, 0) is 24.6 Å². The van der Waals surface area contributed by atoms with Gasteiger partial charge in [-0.15, -0.1) is 0 Å². The second-order valence-corrected chi connectivity index (χ2v) is 8.49. The second kappa shape index (κ2) is 11.1. The van der Waals surface area contributed by atoms with E-state index in [0.717, 1.165) is 0 Å². The molecule has 3 N–H and O–H groups in total. The zero-order chi connectivity index (χ0) is 26.7. The van der Waals surface area contributed by atoms with Crippen LogP contribution in [0.15, 0.2) is 42.5 Å². The van der Waals surface area contributed by atoms with Gasteiger partial charge in [-0.2, -0.15) is 0 Å². The molecule has 0 radical (unpaired) electrons. The molecule has 0 aliphatic carbocycles. The molecule has 0 bridgehead atoms. The van der Waals surface area contributed by atoms with Crippen LogP contribution in [0, 0.1) is 0 Å². The predicted octanol–water partition coefficient (Wildman–Crippen LogP) is 3.03. The molecular formula is C28H30O9. The van der Waals surface area contributed by atoms with Gasteiger partial charge in [-0.05, 0) is 41.5 Å². The molecular weight excluding hydrogens is 480 g/mol. The lowest BCUT2D eigenvalue weighted by Crippen LogP contribution is -2.32. The molecule has 9 heteroatoms. The number of methoxy groups -OCH3 is 4. The highest BCUT2D eigenvalue weighted by Gasteiger charge is 2.43. The predicted molar refractivity (Wildman–Crippen MR) is 134 cm³/mol. The van der Waals surface area contributed by atoms with Crippen molar-refractivity contribution >= 4 is 5.78 Å². The fourth-order valence-corrected chi connectivity index (χ4v) is 4.78. The molecule has 9 nitrogen and oxygen atoms in total. The summed E-state index contributed by atoms with van der Waals surface area (Å²) in [4.78, 5) is 14.3. The number of aliphatic hydroxyl groups excluding tert-OH is 3. The summed E-state index contributed by atoms with van der Waals surface area (Å²) in [7, 11) is 5.95. The number of hydrogen-bond acceptors (Lipinski definition) is 9. The van der Waals surface area contributed by atoms with Crippen LogP contribution in [0.3, 0.4) is 0 Å². The molecule has 3 aromatic carbocycles. The number of hydrogen-bond donors (Lipinski definition) is 3. The van der Waals surface area contributed by atoms with E-state index in [1.54, 1.807) is 42.5 Å². The number of ketones is 1. The van der Waals surface area contributed by atoms with Crippen LogP contribution >= 0.6 is 0 Å². The van der Waals surface area contributed by atoms with Crippen molar-refractivity contribution in [1.82, 2.24) is 0 Å². The number of aliphatic hydroxyl groups is 3. The van der Waals surface area contributed by atoms with Crippen LogP contribution < -0.4 is 23.7 Å². The van der Waals surface area contributed by atoms with Gasteiger partial charge in [0.25, 0.3) is 0 Å². The first kappa shape index (κ1) is 26.3. The largest absolute Gasteiger partial charge is 0.497 e. The molecule has 4 rings (SSSR count). The van der Waals surface area contributed by atoms with Gasteiger partial charge < -0.3 is 39.0 Å². The van der Waals surface area contributed by atoms with Gasteiger partial charge in [-0.1, -0.05) is 6.07 Å². The Kier molecular flexibility index (Phi) is 7.87. The Hall–Kier alpha value is -3.79. The molecule has 1 aliphatic heterocycles. The van der Waals surface area contributed by atoms with E-state index in [9.17, 15) is 20.1 Å². The average Bonchev–Trinajstić information content (AvgIpc) is 2.95. The van der Waals surface area contributed by atoms with E-state index in [1.807, 2.05) is 0 Å². The number of benzene rings is 3. The first-order valence-corrected chi connectivity index (χ1v) is 11.6. The standard InChI is InChI=1S/C28H30O9/c1-33-19-10-18(14-31)24(22(11-19)36-4)26-25-21(35-3)7-15(12-29)8-23(25)37-28(27(26)32)16-5-6-20(34-2)17(9-16)13-30/h5-11,26,28-31H,12-14H2,1-4H3/t26-,28-/m1/s1. The van der Waals surface area contributed by atoms with Crippen LogP contribution in [0.5, 0.6) is 28.7 Å². The Bertz CT molecular complexity index is 1280. The Morgan fingerprint density at radius 1 is 0.730 bits per heavy atom. The summed E-state index contributed by atoms with van der Waals surface area (Å²) < 4.78 is 28.2. The zero-order valence-electron chi connectivity index (χ0n) is 21.1. The van der Waals surface area contributed by atoms with Crippen molar-refractivity contribution in [3.8, 4) is 28.7 Å². The van der Waals surface area contributed by atoms with Crippen molar-refractivity contribution in [3.63, 3.8) is 0 Å². The lowest BCUT2D eigenvalue weighted by atomic mass is 9.78. The molecule has 2 atom stereocenters. The van der Waals surface area contributed by atoms with Crippen LogP contribution in [0.4, 0.5) is 0 Å². The molecule has 1 aliphatic rings. The first-order chi connectivity index (χ1) is 17.9. The highest BCUT2D eigenvalue weighted by Crippen LogP contribution is 2.51. The topological polar surface area (TPSA) is 124 Å². The minimum absolute atomic E-state index is 0.263. The SMILES string of the molecule is COc1cc(CO)c([C@H]2C(=O)[C@@H](c3ccc(OC)c(CO)c3)Oc3cc(CO)cc(OC)c32)c(OC)c1. The summed E-state index contributed by atoms with van der Waals surface area (Å²) in [5.41, 5.74) is 2.90. The van der Waals surface area contributed by atoms with Gasteiger partial charge in [0.05, 0.1) is 59.7 Å². The molecule has 0 saturated heterocycles. The molecule has 0 saturated carbocycles. The molecule has 0 amide bonds. The van der Waals surface area contributed by atoms with E-state index in [-0.39, 0.29) is 25.6 Å². The summed E-state index contributed by atoms with van der Waals surface area (Å²) in [6.45, 7) is -0.926. The quantitative estimate of drug-likeness (QED) is 0.398. The summed E-state index contributed by atoms with van der Waals surface area (Å²) in [6, 6.07) is 11.6. The van der Waals surface area contributed by atoms with Gasteiger partial charge in [-0.25, -0.2) is 0 Å². The number of carbonyl (C=O) groups is 1. The van der Waals surface area contributed by atoms with Gasteiger partial charge >= 0.3 is 0 Å².